The fourth-order valence-electron chi connectivity index (χ4n) is 2.89. The smallest absolute Gasteiger partial charge is 0.195 e. The molecule has 0 bridgehead atoms. The molecule has 4 atom stereocenters. The first-order valence-electron chi connectivity index (χ1n) is 6.56. The van der Waals surface area contributed by atoms with Crippen LogP contribution in [-0.2, 0) is 10.3 Å². The molecule has 1 N–H and O–H groups in total. The van der Waals surface area contributed by atoms with Crippen LogP contribution in [0.2, 0.25) is 0 Å². The molecule has 1 aromatic rings. The number of nitrogens with zero attached hydrogens (tertiary/aromatic N) is 2. The molecular weight excluding hydrogens is 246 g/mol. The Bertz CT molecular complexity index is 485. The minimum atomic E-state index is -0.0648. The third-order valence-corrected chi connectivity index (χ3v) is 4.18. The number of hydrogen-bond acceptors (Lipinski definition) is 3. The molecule has 0 aromatic carbocycles. The van der Waals surface area contributed by atoms with Gasteiger partial charge in [-0.05, 0) is 52.8 Å². The van der Waals surface area contributed by atoms with E-state index in [1.165, 1.54) is 0 Å². The topological polar surface area (TPSA) is 42.8 Å². The Hall–Kier alpha value is -0.680. The highest BCUT2D eigenvalue weighted by Crippen LogP contribution is 2.40. The quantitative estimate of drug-likeness (QED) is 0.796. The van der Waals surface area contributed by atoms with Gasteiger partial charge in [0.15, 0.2) is 4.77 Å². The molecule has 4 unspecified atom stereocenters. The van der Waals surface area contributed by atoms with Crippen molar-refractivity contribution in [1.29, 1.82) is 0 Å². The van der Waals surface area contributed by atoms with Gasteiger partial charge in [-0.15, -0.1) is 0 Å². The van der Waals surface area contributed by atoms with Crippen molar-refractivity contribution in [2.24, 2.45) is 5.92 Å². The average Bonchev–Trinajstić information content (AvgIpc) is 2.69. The second-order valence-electron chi connectivity index (χ2n) is 6.32. The average molecular weight is 269 g/mol. The van der Waals surface area contributed by atoms with Gasteiger partial charge in [0.05, 0.1) is 18.1 Å². The molecule has 1 aliphatic heterocycles. The molecule has 2 rings (SSSR count). The molecule has 2 heterocycles. The maximum Gasteiger partial charge on any atom is 0.195 e. The van der Waals surface area contributed by atoms with Gasteiger partial charge in [0.25, 0.3) is 0 Å². The third-order valence-electron chi connectivity index (χ3n) is 3.91. The van der Waals surface area contributed by atoms with Crippen molar-refractivity contribution < 1.29 is 4.74 Å². The number of aromatic nitrogens is 3. The highest BCUT2D eigenvalue weighted by Gasteiger charge is 2.41. The number of H-pyrrole nitrogens is 1. The largest absolute Gasteiger partial charge is 0.374 e. The maximum absolute atomic E-state index is 5.92. The summed E-state index contributed by atoms with van der Waals surface area (Å²) in [6, 6.07) is 0. The van der Waals surface area contributed by atoms with E-state index in [1.807, 2.05) is 0 Å². The summed E-state index contributed by atoms with van der Waals surface area (Å²) in [5.74, 6) is 1.77. The summed E-state index contributed by atoms with van der Waals surface area (Å²) in [7, 11) is 0. The summed E-state index contributed by atoms with van der Waals surface area (Å²) in [5, 5.41) is 7.40. The van der Waals surface area contributed by atoms with E-state index in [0.29, 0.717) is 16.6 Å². The molecule has 1 aromatic heterocycles. The molecular formula is C13H23N3OS. The lowest BCUT2D eigenvalue weighted by atomic mass is 9.88. The van der Waals surface area contributed by atoms with Crippen molar-refractivity contribution in [3.63, 3.8) is 0 Å². The fourth-order valence-corrected chi connectivity index (χ4v) is 3.31. The molecule has 1 aliphatic rings. The van der Waals surface area contributed by atoms with Crippen LogP contribution in [0.5, 0.6) is 0 Å². The second-order valence-corrected chi connectivity index (χ2v) is 6.71. The Kier molecular flexibility index (Phi) is 3.40. The number of ether oxygens (including phenoxy) is 1. The van der Waals surface area contributed by atoms with E-state index in [-0.39, 0.29) is 17.7 Å². The van der Waals surface area contributed by atoms with Gasteiger partial charge in [-0.2, -0.15) is 5.10 Å². The van der Waals surface area contributed by atoms with Crippen molar-refractivity contribution in [2.75, 3.05) is 0 Å². The minimum Gasteiger partial charge on any atom is -0.374 e. The summed E-state index contributed by atoms with van der Waals surface area (Å²) in [4.78, 5) is 0. The van der Waals surface area contributed by atoms with Crippen LogP contribution in [0, 0.1) is 10.7 Å². The van der Waals surface area contributed by atoms with Crippen LogP contribution in [0.15, 0.2) is 0 Å². The zero-order chi connectivity index (χ0) is 13.7. The number of hydrogen-bond donors (Lipinski definition) is 1. The van der Waals surface area contributed by atoms with Crippen LogP contribution in [0.25, 0.3) is 0 Å². The number of aromatic amines is 1. The molecule has 5 heteroatoms. The lowest BCUT2D eigenvalue weighted by Gasteiger charge is -2.27. The molecule has 0 radical (unpaired) electrons. The van der Waals surface area contributed by atoms with Crippen molar-refractivity contribution >= 4 is 12.2 Å². The summed E-state index contributed by atoms with van der Waals surface area (Å²) in [5.41, 5.74) is -0.0648. The summed E-state index contributed by atoms with van der Waals surface area (Å²) < 4.78 is 8.73. The van der Waals surface area contributed by atoms with Gasteiger partial charge in [0.1, 0.15) is 5.82 Å². The van der Waals surface area contributed by atoms with Crippen molar-refractivity contribution in [2.45, 2.75) is 65.2 Å². The first-order chi connectivity index (χ1) is 8.23. The SMILES string of the molecule is CC1OC(C)C(c2n[nH]c(=S)n2C(C)(C)C)C1C. The van der Waals surface area contributed by atoms with Crippen LogP contribution >= 0.6 is 12.2 Å². The van der Waals surface area contributed by atoms with Crippen LogP contribution < -0.4 is 0 Å². The maximum atomic E-state index is 5.92. The lowest BCUT2D eigenvalue weighted by molar-refractivity contribution is 0.0550. The van der Waals surface area contributed by atoms with Gasteiger partial charge in [0, 0.05) is 5.54 Å². The van der Waals surface area contributed by atoms with Crippen molar-refractivity contribution in [3.8, 4) is 0 Å². The summed E-state index contributed by atoms with van der Waals surface area (Å²) in [6.07, 6.45) is 0.449. The Balaban J connectivity index is 2.50. The Morgan fingerprint density at radius 1 is 1.22 bits per heavy atom. The number of rotatable bonds is 1. The highest BCUT2D eigenvalue weighted by molar-refractivity contribution is 7.71. The minimum absolute atomic E-state index is 0.0648. The fraction of sp³-hybridized carbons (Fsp3) is 0.846. The molecule has 1 saturated heterocycles. The Morgan fingerprint density at radius 3 is 2.28 bits per heavy atom. The van der Waals surface area contributed by atoms with Gasteiger partial charge < -0.3 is 4.74 Å². The third kappa shape index (κ3) is 2.14. The van der Waals surface area contributed by atoms with Crippen LogP contribution in [0.4, 0.5) is 0 Å². The highest BCUT2D eigenvalue weighted by atomic mass is 32.1. The van der Waals surface area contributed by atoms with Gasteiger partial charge in [-0.1, -0.05) is 6.92 Å². The van der Waals surface area contributed by atoms with Crippen molar-refractivity contribution in [1.82, 2.24) is 14.8 Å². The zero-order valence-corrected chi connectivity index (χ0v) is 12.8. The zero-order valence-electron chi connectivity index (χ0n) is 12.0. The van der Waals surface area contributed by atoms with E-state index < -0.39 is 0 Å². The van der Waals surface area contributed by atoms with Crippen molar-refractivity contribution in [3.05, 3.63) is 10.6 Å². The second kappa shape index (κ2) is 4.46. The predicted octanol–water partition coefficient (Wildman–Crippen LogP) is 3.22. The Labute approximate surface area is 114 Å². The van der Waals surface area contributed by atoms with Gasteiger partial charge >= 0.3 is 0 Å². The normalized spacial score (nSPS) is 33.0. The van der Waals surface area contributed by atoms with Gasteiger partial charge in [0.2, 0.25) is 0 Å². The van der Waals surface area contributed by atoms with E-state index in [2.05, 4.69) is 56.3 Å². The monoisotopic (exact) mass is 269 g/mol. The van der Waals surface area contributed by atoms with Gasteiger partial charge in [-0.25, -0.2) is 0 Å². The van der Waals surface area contributed by atoms with Crippen LogP contribution in [0.3, 0.4) is 0 Å². The lowest BCUT2D eigenvalue weighted by Crippen LogP contribution is -2.29. The van der Waals surface area contributed by atoms with Gasteiger partial charge in [-0.3, -0.25) is 9.67 Å². The van der Waals surface area contributed by atoms with E-state index in [9.17, 15) is 0 Å². The standard InChI is InChI=1S/C13H23N3OS/c1-7-8(2)17-9(3)10(7)11-14-15-12(18)16(11)13(4,5)6/h7-10H,1-6H3,(H,15,18). The summed E-state index contributed by atoms with van der Waals surface area (Å²) >= 11 is 5.37. The first kappa shape index (κ1) is 13.7. The van der Waals surface area contributed by atoms with Crippen LogP contribution in [0.1, 0.15) is 53.3 Å². The molecule has 18 heavy (non-hydrogen) atoms. The number of nitrogens with one attached hydrogen (secondary N) is 1. The van der Waals surface area contributed by atoms with E-state index in [4.69, 9.17) is 17.0 Å². The van der Waals surface area contributed by atoms with Crippen LogP contribution in [-0.4, -0.2) is 27.0 Å². The first-order valence-corrected chi connectivity index (χ1v) is 6.97. The predicted molar refractivity (Wildman–Crippen MR) is 74.3 cm³/mol. The van der Waals surface area contributed by atoms with E-state index >= 15 is 0 Å². The molecule has 1 fully saturated rings. The molecule has 0 amide bonds. The molecule has 102 valence electrons. The molecule has 0 spiro atoms. The van der Waals surface area contributed by atoms with E-state index in [1.54, 1.807) is 0 Å². The summed E-state index contributed by atoms with van der Waals surface area (Å²) in [6.45, 7) is 12.9. The molecule has 4 nitrogen and oxygen atoms in total. The Morgan fingerprint density at radius 2 is 1.83 bits per heavy atom. The molecule has 0 aliphatic carbocycles. The molecule has 0 saturated carbocycles. The van der Waals surface area contributed by atoms with E-state index in [0.717, 1.165) is 5.82 Å².